The summed E-state index contributed by atoms with van der Waals surface area (Å²) in [7, 11) is 0. The van der Waals surface area contributed by atoms with Crippen LogP contribution in [-0.2, 0) is 20.9 Å². The average molecular weight is 585 g/mol. The molecule has 0 aliphatic heterocycles. The lowest BCUT2D eigenvalue weighted by Crippen LogP contribution is -2.39. The number of carboxylic acid groups (broad SMARTS) is 1. The lowest BCUT2D eigenvalue weighted by atomic mass is 9.99. The first-order valence-electron chi connectivity index (χ1n) is 12.6. The summed E-state index contributed by atoms with van der Waals surface area (Å²) in [6.07, 6.45) is 0.149. The predicted molar refractivity (Wildman–Crippen MR) is 154 cm³/mol. The fraction of sp³-hybridized carbons (Fsp3) is 0.241. The number of benzene rings is 3. The molecule has 0 aliphatic carbocycles. The molecule has 0 heterocycles. The number of aliphatic carboxylic acids is 1. The summed E-state index contributed by atoms with van der Waals surface area (Å²) < 4.78 is 0. The molecule has 0 spiro atoms. The molecule has 0 aliphatic rings. The van der Waals surface area contributed by atoms with E-state index < -0.39 is 23.9 Å². The van der Waals surface area contributed by atoms with E-state index in [1.807, 2.05) is 42.5 Å². The molecule has 0 bridgehead atoms. The van der Waals surface area contributed by atoms with E-state index in [2.05, 4.69) is 21.3 Å². The van der Waals surface area contributed by atoms with Gasteiger partial charge in [-0.1, -0.05) is 83.9 Å². The van der Waals surface area contributed by atoms with E-state index >= 15 is 0 Å². The molecule has 210 valence electrons. The van der Waals surface area contributed by atoms with Crippen LogP contribution in [0.4, 0.5) is 4.79 Å². The third-order valence-corrected chi connectivity index (χ3v) is 6.49. The molecule has 4 amide bonds. The Bertz CT molecular complexity index is 1320. The molecule has 11 heteroatoms. The zero-order valence-electron chi connectivity index (χ0n) is 21.6. The van der Waals surface area contributed by atoms with Crippen LogP contribution in [0.25, 0.3) is 11.1 Å². The van der Waals surface area contributed by atoms with Crippen molar-refractivity contribution in [2.75, 3.05) is 13.1 Å². The highest BCUT2D eigenvalue weighted by molar-refractivity contribution is 6.35. The zero-order chi connectivity index (χ0) is 28.9. The number of amides is 4. The van der Waals surface area contributed by atoms with Crippen LogP contribution in [0.1, 0.15) is 36.4 Å². The highest BCUT2D eigenvalue weighted by Crippen LogP contribution is 2.23. The third kappa shape index (κ3) is 10.2. The quantitative estimate of drug-likeness (QED) is 0.186. The van der Waals surface area contributed by atoms with Crippen LogP contribution in [0.2, 0.25) is 10.0 Å². The van der Waals surface area contributed by atoms with Gasteiger partial charge in [-0.3, -0.25) is 14.4 Å². The largest absolute Gasteiger partial charge is 0.481 e. The van der Waals surface area contributed by atoms with Gasteiger partial charge in [0.25, 0.3) is 0 Å². The molecule has 1 unspecified atom stereocenters. The van der Waals surface area contributed by atoms with Gasteiger partial charge in [0, 0.05) is 29.6 Å². The van der Waals surface area contributed by atoms with E-state index in [0.29, 0.717) is 27.6 Å². The van der Waals surface area contributed by atoms with Crippen molar-refractivity contribution in [3.63, 3.8) is 0 Å². The second kappa shape index (κ2) is 15.5. The Morgan fingerprint density at radius 2 is 1.50 bits per heavy atom. The second-order valence-electron chi connectivity index (χ2n) is 8.93. The molecule has 3 aromatic carbocycles. The number of urea groups is 1. The first-order valence-corrected chi connectivity index (χ1v) is 13.4. The SMILES string of the molecule is O=C(O)CC(NC(=O)CNC(=O)CCCNC(=O)NCc1ccc(Cl)cc1Cl)c1ccc(-c2ccccc2)cc1. The van der Waals surface area contributed by atoms with Crippen LogP contribution >= 0.6 is 23.2 Å². The smallest absolute Gasteiger partial charge is 0.315 e. The van der Waals surface area contributed by atoms with Crippen LogP contribution < -0.4 is 21.3 Å². The van der Waals surface area contributed by atoms with Crippen molar-refractivity contribution in [1.29, 1.82) is 0 Å². The van der Waals surface area contributed by atoms with Crippen molar-refractivity contribution in [1.82, 2.24) is 21.3 Å². The molecule has 1 atom stereocenters. The van der Waals surface area contributed by atoms with Gasteiger partial charge in [0.15, 0.2) is 0 Å². The standard InChI is InChI=1S/C29H30Cl2N4O5/c30-23-13-12-22(24(31)15-23)17-34-29(40)32-14-4-7-26(36)33-18-27(37)35-25(16-28(38)39)21-10-8-20(9-11-21)19-5-2-1-3-6-19/h1-3,5-6,8-13,15,25H,4,7,14,16-18H2,(H,33,36)(H,35,37)(H,38,39)(H2,32,34,40). The number of hydrogen-bond donors (Lipinski definition) is 5. The first kappa shape index (κ1) is 30.5. The lowest BCUT2D eigenvalue weighted by Gasteiger charge is -2.18. The lowest BCUT2D eigenvalue weighted by molar-refractivity contribution is -0.138. The summed E-state index contributed by atoms with van der Waals surface area (Å²) in [5.74, 6) is -1.94. The van der Waals surface area contributed by atoms with Crippen molar-refractivity contribution in [2.24, 2.45) is 0 Å². The van der Waals surface area contributed by atoms with Crippen molar-refractivity contribution >= 4 is 47.0 Å². The first-order chi connectivity index (χ1) is 19.2. The number of nitrogens with one attached hydrogen (secondary N) is 4. The van der Waals surface area contributed by atoms with Crippen LogP contribution in [0.3, 0.4) is 0 Å². The number of carbonyl (C=O) groups is 4. The molecular weight excluding hydrogens is 555 g/mol. The molecule has 40 heavy (non-hydrogen) atoms. The Morgan fingerprint density at radius 1 is 0.800 bits per heavy atom. The number of halogens is 2. The average Bonchev–Trinajstić information content (AvgIpc) is 2.94. The van der Waals surface area contributed by atoms with Gasteiger partial charge in [-0.15, -0.1) is 0 Å². The van der Waals surface area contributed by atoms with Gasteiger partial charge in [0.1, 0.15) is 0 Å². The molecule has 0 aromatic heterocycles. The molecule has 3 rings (SSSR count). The van der Waals surface area contributed by atoms with Gasteiger partial charge in [0.05, 0.1) is 19.0 Å². The number of carboxylic acids is 1. The van der Waals surface area contributed by atoms with Gasteiger partial charge in [0.2, 0.25) is 11.8 Å². The molecule has 0 fully saturated rings. The van der Waals surface area contributed by atoms with Crippen molar-refractivity contribution in [2.45, 2.75) is 31.8 Å². The van der Waals surface area contributed by atoms with E-state index in [9.17, 15) is 24.3 Å². The highest BCUT2D eigenvalue weighted by Gasteiger charge is 2.18. The maximum Gasteiger partial charge on any atom is 0.315 e. The van der Waals surface area contributed by atoms with Gasteiger partial charge in [-0.2, -0.15) is 0 Å². The Balaban J connectivity index is 1.37. The maximum absolute atomic E-state index is 12.5. The minimum Gasteiger partial charge on any atom is -0.481 e. The monoisotopic (exact) mass is 584 g/mol. The molecule has 3 aromatic rings. The van der Waals surface area contributed by atoms with Gasteiger partial charge < -0.3 is 26.4 Å². The van der Waals surface area contributed by atoms with Crippen molar-refractivity contribution in [3.8, 4) is 11.1 Å². The minimum absolute atomic E-state index is 0.0933. The Hall–Kier alpha value is -4.08. The summed E-state index contributed by atoms with van der Waals surface area (Å²) in [5, 5.41) is 20.8. The van der Waals surface area contributed by atoms with E-state index in [4.69, 9.17) is 23.2 Å². The molecule has 5 N–H and O–H groups in total. The van der Waals surface area contributed by atoms with Crippen molar-refractivity contribution < 1.29 is 24.3 Å². The summed E-state index contributed by atoms with van der Waals surface area (Å²) in [4.78, 5) is 47.9. The van der Waals surface area contributed by atoms with Crippen molar-refractivity contribution in [3.05, 3.63) is 94.0 Å². The van der Waals surface area contributed by atoms with Crippen LogP contribution in [0.15, 0.2) is 72.8 Å². The summed E-state index contributed by atoms with van der Waals surface area (Å²) in [5.41, 5.74) is 3.35. The van der Waals surface area contributed by atoms with Crippen LogP contribution in [0.5, 0.6) is 0 Å². The van der Waals surface area contributed by atoms with Gasteiger partial charge >= 0.3 is 12.0 Å². The Kier molecular flexibility index (Phi) is 11.8. The molecule has 0 saturated heterocycles. The van der Waals surface area contributed by atoms with Crippen LogP contribution in [0, 0.1) is 0 Å². The normalized spacial score (nSPS) is 11.2. The van der Waals surface area contributed by atoms with E-state index in [1.54, 1.807) is 30.3 Å². The molecule has 9 nitrogen and oxygen atoms in total. The predicted octanol–water partition coefficient (Wildman–Crippen LogP) is 4.69. The highest BCUT2D eigenvalue weighted by atomic mass is 35.5. The second-order valence-corrected chi connectivity index (χ2v) is 9.78. The Labute approximate surface area is 242 Å². The molecular formula is C29H30Cl2N4O5. The number of carbonyl (C=O) groups excluding carboxylic acids is 3. The minimum atomic E-state index is -1.06. The number of hydrogen-bond acceptors (Lipinski definition) is 4. The fourth-order valence-electron chi connectivity index (χ4n) is 3.83. The van der Waals surface area contributed by atoms with Crippen LogP contribution in [-0.4, -0.2) is 42.0 Å². The topological polar surface area (TPSA) is 137 Å². The van der Waals surface area contributed by atoms with E-state index in [-0.39, 0.29) is 38.4 Å². The van der Waals surface area contributed by atoms with Gasteiger partial charge in [-0.25, -0.2) is 4.79 Å². The number of rotatable bonds is 13. The van der Waals surface area contributed by atoms with Gasteiger partial charge in [-0.05, 0) is 40.8 Å². The third-order valence-electron chi connectivity index (χ3n) is 5.90. The zero-order valence-corrected chi connectivity index (χ0v) is 23.1. The van der Waals surface area contributed by atoms with E-state index in [0.717, 1.165) is 11.1 Å². The maximum atomic E-state index is 12.5. The molecule has 0 radical (unpaired) electrons. The summed E-state index contributed by atoms with van der Waals surface area (Å²) in [6.45, 7) is 0.170. The summed E-state index contributed by atoms with van der Waals surface area (Å²) in [6, 6.07) is 20.8. The Morgan fingerprint density at radius 3 is 2.17 bits per heavy atom. The summed E-state index contributed by atoms with van der Waals surface area (Å²) >= 11 is 11.9. The fourth-order valence-corrected chi connectivity index (χ4v) is 4.31. The van der Waals surface area contributed by atoms with E-state index in [1.165, 1.54) is 0 Å². The molecule has 0 saturated carbocycles.